The van der Waals surface area contributed by atoms with Gasteiger partial charge in [-0.25, -0.2) is 0 Å². The van der Waals surface area contributed by atoms with Crippen molar-refractivity contribution < 1.29 is 9.59 Å². The van der Waals surface area contributed by atoms with Gasteiger partial charge >= 0.3 is 0 Å². The highest BCUT2D eigenvalue weighted by molar-refractivity contribution is 8.00. The van der Waals surface area contributed by atoms with Crippen LogP contribution in [0.1, 0.15) is 15.9 Å². The number of amides is 2. The van der Waals surface area contributed by atoms with E-state index in [2.05, 4.69) is 20.4 Å². The van der Waals surface area contributed by atoms with E-state index in [9.17, 15) is 9.59 Å². The number of benzene rings is 3. The number of halogens is 1. The first kappa shape index (κ1) is 22.8. The average Bonchev–Trinajstić information content (AvgIpc) is 2.88. The molecule has 0 saturated carbocycles. The standard InChI is InChI=1S/C26H25ClN4O2S/c27-20-7-9-21(10-8-20)30-12-14-31(15-13-30)26-25(33)29-22-16-19(6-11-23(22)34-26)24(32)28-17-18-4-2-1-3-5-18/h1-11,16,26H,12-15,17H2,(H,28,32)(H,29,33). The van der Waals surface area contributed by atoms with Crippen LogP contribution >= 0.6 is 23.4 Å². The maximum atomic E-state index is 12.9. The highest BCUT2D eigenvalue weighted by Gasteiger charge is 2.34. The van der Waals surface area contributed by atoms with Gasteiger partial charge in [0.05, 0.1) is 5.69 Å². The molecule has 8 heteroatoms. The lowest BCUT2D eigenvalue weighted by atomic mass is 10.1. The minimum atomic E-state index is -0.280. The molecule has 3 aromatic carbocycles. The second kappa shape index (κ2) is 10.1. The van der Waals surface area contributed by atoms with Gasteiger partial charge in [-0.3, -0.25) is 14.5 Å². The van der Waals surface area contributed by atoms with Crippen molar-refractivity contribution >= 4 is 46.6 Å². The zero-order valence-electron chi connectivity index (χ0n) is 18.5. The fourth-order valence-corrected chi connectivity index (χ4v) is 5.50. The van der Waals surface area contributed by atoms with Crippen LogP contribution in [0.25, 0.3) is 0 Å². The highest BCUT2D eigenvalue weighted by atomic mass is 35.5. The van der Waals surface area contributed by atoms with E-state index in [1.165, 1.54) is 0 Å². The van der Waals surface area contributed by atoms with Crippen molar-refractivity contribution in [1.82, 2.24) is 10.2 Å². The maximum absolute atomic E-state index is 12.9. The molecule has 3 aromatic rings. The first-order valence-electron chi connectivity index (χ1n) is 11.2. The molecule has 34 heavy (non-hydrogen) atoms. The minimum absolute atomic E-state index is 0.0423. The molecule has 2 amide bonds. The molecular weight excluding hydrogens is 468 g/mol. The summed E-state index contributed by atoms with van der Waals surface area (Å²) in [5.41, 5.74) is 3.41. The molecule has 0 radical (unpaired) electrons. The molecule has 5 rings (SSSR count). The Morgan fingerprint density at radius 3 is 2.47 bits per heavy atom. The van der Waals surface area contributed by atoms with Crippen LogP contribution in [0, 0.1) is 0 Å². The molecule has 0 aliphatic carbocycles. The van der Waals surface area contributed by atoms with Crippen molar-refractivity contribution in [3.05, 3.63) is 88.9 Å². The van der Waals surface area contributed by atoms with Gasteiger partial charge < -0.3 is 15.5 Å². The highest BCUT2D eigenvalue weighted by Crippen LogP contribution is 2.38. The molecular formula is C26H25ClN4O2S. The predicted molar refractivity (Wildman–Crippen MR) is 138 cm³/mol. The Balaban J connectivity index is 1.20. The van der Waals surface area contributed by atoms with Gasteiger partial charge in [-0.15, -0.1) is 0 Å². The van der Waals surface area contributed by atoms with Gasteiger partial charge in [-0.05, 0) is 48.0 Å². The van der Waals surface area contributed by atoms with Crippen LogP contribution in [-0.4, -0.2) is 48.3 Å². The normalized spacial score (nSPS) is 18.2. The third-order valence-electron chi connectivity index (χ3n) is 6.10. The summed E-state index contributed by atoms with van der Waals surface area (Å²) >= 11 is 7.55. The number of hydrogen-bond donors (Lipinski definition) is 2. The first-order chi connectivity index (χ1) is 16.6. The molecule has 6 nitrogen and oxygen atoms in total. The molecule has 2 aliphatic rings. The van der Waals surface area contributed by atoms with Crippen LogP contribution in [0.5, 0.6) is 0 Å². The number of thioether (sulfide) groups is 1. The van der Waals surface area contributed by atoms with E-state index >= 15 is 0 Å². The largest absolute Gasteiger partial charge is 0.369 e. The van der Waals surface area contributed by atoms with Crippen LogP contribution in [0.15, 0.2) is 77.7 Å². The van der Waals surface area contributed by atoms with Crippen molar-refractivity contribution in [2.45, 2.75) is 16.8 Å². The van der Waals surface area contributed by atoms with Gasteiger partial charge in [0.25, 0.3) is 11.8 Å². The summed E-state index contributed by atoms with van der Waals surface area (Å²) in [4.78, 5) is 31.1. The maximum Gasteiger partial charge on any atom is 0.252 e. The van der Waals surface area contributed by atoms with E-state index in [4.69, 9.17) is 11.6 Å². The Morgan fingerprint density at radius 2 is 1.74 bits per heavy atom. The smallest absolute Gasteiger partial charge is 0.252 e. The van der Waals surface area contributed by atoms with Crippen molar-refractivity contribution in [3.63, 3.8) is 0 Å². The van der Waals surface area contributed by atoms with Crippen molar-refractivity contribution in [2.75, 3.05) is 36.4 Å². The molecule has 2 aliphatic heterocycles. The van der Waals surface area contributed by atoms with Gasteiger partial charge in [0.1, 0.15) is 5.37 Å². The lowest BCUT2D eigenvalue weighted by molar-refractivity contribution is -0.118. The number of rotatable bonds is 5. The molecule has 1 saturated heterocycles. The molecule has 1 unspecified atom stereocenters. The van der Waals surface area contributed by atoms with E-state index in [0.717, 1.165) is 47.3 Å². The molecule has 0 spiro atoms. The predicted octanol–water partition coefficient (Wildman–Crippen LogP) is 4.46. The van der Waals surface area contributed by atoms with Gasteiger partial charge in [0.2, 0.25) is 0 Å². The van der Waals surface area contributed by atoms with Crippen LogP contribution in [0.4, 0.5) is 11.4 Å². The number of nitrogens with one attached hydrogen (secondary N) is 2. The number of hydrogen-bond acceptors (Lipinski definition) is 5. The van der Waals surface area contributed by atoms with Crippen LogP contribution in [-0.2, 0) is 11.3 Å². The summed E-state index contributed by atoms with van der Waals surface area (Å²) in [6, 6.07) is 23.2. The number of fused-ring (bicyclic) bond motifs is 1. The number of anilines is 2. The van der Waals surface area contributed by atoms with Crippen molar-refractivity contribution in [3.8, 4) is 0 Å². The molecule has 2 N–H and O–H groups in total. The molecule has 174 valence electrons. The van der Waals surface area contributed by atoms with Gasteiger partial charge in [-0.2, -0.15) is 0 Å². The van der Waals surface area contributed by atoms with Crippen molar-refractivity contribution in [1.29, 1.82) is 0 Å². The monoisotopic (exact) mass is 492 g/mol. The number of piperazine rings is 1. The second-order valence-corrected chi connectivity index (χ2v) is 9.90. The van der Waals surface area contributed by atoms with Crippen LogP contribution in [0.2, 0.25) is 5.02 Å². The summed E-state index contributed by atoms with van der Waals surface area (Å²) in [5, 5.41) is 6.40. The lowest BCUT2D eigenvalue weighted by Crippen LogP contribution is -2.53. The number of carbonyl (C=O) groups excluding carboxylic acids is 2. The van der Waals surface area contributed by atoms with E-state index < -0.39 is 0 Å². The summed E-state index contributed by atoms with van der Waals surface area (Å²) in [7, 11) is 0. The van der Waals surface area contributed by atoms with E-state index in [1.54, 1.807) is 17.8 Å². The zero-order valence-corrected chi connectivity index (χ0v) is 20.1. The minimum Gasteiger partial charge on any atom is -0.369 e. The SMILES string of the molecule is O=C(NCc1ccccc1)c1ccc2c(c1)NC(=O)C(N1CCN(c3ccc(Cl)cc3)CC1)S2. The van der Waals surface area contributed by atoms with Crippen molar-refractivity contribution in [2.24, 2.45) is 0 Å². The lowest BCUT2D eigenvalue weighted by Gasteiger charge is -2.40. The molecule has 0 aromatic heterocycles. The van der Waals surface area contributed by atoms with Gasteiger partial charge in [0.15, 0.2) is 0 Å². The fourth-order valence-electron chi connectivity index (χ4n) is 4.23. The number of nitrogens with zero attached hydrogens (tertiary/aromatic N) is 2. The topological polar surface area (TPSA) is 64.7 Å². The molecule has 0 bridgehead atoms. The van der Waals surface area contributed by atoms with E-state index in [-0.39, 0.29) is 17.2 Å². The average molecular weight is 493 g/mol. The first-order valence-corrected chi connectivity index (χ1v) is 12.5. The van der Waals surface area contributed by atoms with E-state index in [0.29, 0.717) is 17.8 Å². The Labute approximate surface area is 208 Å². The third-order valence-corrected chi connectivity index (χ3v) is 7.69. The Hall–Kier alpha value is -3.00. The van der Waals surface area contributed by atoms with Crippen LogP contribution < -0.4 is 15.5 Å². The Morgan fingerprint density at radius 1 is 1.00 bits per heavy atom. The Bertz CT molecular complexity index is 1180. The number of carbonyl (C=O) groups is 2. The second-order valence-electron chi connectivity index (χ2n) is 8.34. The summed E-state index contributed by atoms with van der Waals surface area (Å²) in [6.07, 6.45) is 0. The van der Waals surface area contributed by atoms with E-state index in [1.807, 2.05) is 66.7 Å². The van der Waals surface area contributed by atoms with Crippen LogP contribution in [0.3, 0.4) is 0 Å². The summed E-state index contributed by atoms with van der Waals surface area (Å²) < 4.78 is 0. The van der Waals surface area contributed by atoms with Gasteiger partial charge in [0, 0.05) is 53.9 Å². The molecule has 1 fully saturated rings. The third kappa shape index (κ3) is 5.06. The quantitative estimate of drug-likeness (QED) is 0.550. The summed E-state index contributed by atoms with van der Waals surface area (Å²) in [5.74, 6) is -0.203. The Kier molecular flexibility index (Phi) is 6.76. The van der Waals surface area contributed by atoms with Gasteiger partial charge in [-0.1, -0.05) is 53.7 Å². The molecule has 2 heterocycles. The fraction of sp³-hybridized carbons (Fsp3) is 0.231. The zero-order chi connectivity index (χ0) is 23.5. The molecule has 1 atom stereocenters. The summed E-state index contributed by atoms with van der Waals surface area (Å²) in [6.45, 7) is 3.74.